The molecule has 0 unspecified atom stereocenters. The van der Waals surface area contributed by atoms with E-state index in [1.54, 1.807) is 19.2 Å². The number of anilines is 1. The zero-order valence-electron chi connectivity index (χ0n) is 10.0. The van der Waals surface area contributed by atoms with Gasteiger partial charge < -0.3 is 15.2 Å². The van der Waals surface area contributed by atoms with E-state index in [9.17, 15) is 4.39 Å². The number of halogens is 1. The van der Waals surface area contributed by atoms with Gasteiger partial charge in [0.1, 0.15) is 29.6 Å². The summed E-state index contributed by atoms with van der Waals surface area (Å²) in [5.41, 5.74) is 6.56. The van der Waals surface area contributed by atoms with Crippen LogP contribution in [0.5, 0.6) is 11.5 Å². The van der Waals surface area contributed by atoms with Gasteiger partial charge in [-0.3, -0.25) is 0 Å². The Labute approximate surface area is 105 Å². The number of nitrogen functional groups attached to an aromatic ring is 1. The molecule has 0 saturated heterocycles. The Bertz CT molecular complexity index is 526. The Hall–Kier alpha value is -2.23. The molecule has 94 valence electrons. The lowest BCUT2D eigenvalue weighted by molar-refractivity contribution is 0.306. The van der Waals surface area contributed by atoms with Crippen molar-refractivity contribution in [2.24, 2.45) is 0 Å². The predicted molar refractivity (Wildman–Crippen MR) is 68.1 cm³/mol. The molecule has 0 bridgehead atoms. The normalized spacial score (nSPS) is 10.1. The van der Waals surface area contributed by atoms with Crippen molar-refractivity contribution in [2.45, 2.75) is 6.61 Å². The van der Waals surface area contributed by atoms with Gasteiger partial charge in [0.25, 0.3) is 0 Å². The van der Waals surface area contributed by atoms with Gasteiger partial charge in [0.2, 0.25) is 0 Å². The zero-order valence-corrected chi connectivity index (χ0v) is 10.0. The molecule has 0 fully saturated rings. The molecule has 18 heavy (non-hydrogen) atoms. The number of ether oxygens (including phenoxy) is 2. The van der Waals surface area contributed by atoms with Crippen LogP contribution in [-0.2, 0) is 6.61 Å². The molecule has 2 N–H and O–H groups in total. The Morgan fingerprint density at radius 2 is 1.83 bits per heavy atom. The van der Waals surface area contributed by atoms with E-state index in [4.69, 9.17) is 15.2 Å². The van der Waals surface area contributed by atoms with E-state index in [0.29, 0.717) is 12.4 Å². The molecule has 0 spiro atoms. The van der Waals surface area contributed by atoms with Crippen LogP contribution in [0.1, 0.15) is 5.56 Å². The summed E-state index contributed by atoms with van der Waals surface area (Å²) in [6.07, 6.45) is 0. The topological polar surface area (TPSA) is 44.5 Å². The zero-order chi connectivity index (χ0) is 13.0. The monoisotopic (exact) mass is 247 g/mol. The number of hydrogen-bond donors (Lipinski definition) is 1. The van der Waals surface area contributed by atoms with E-state index >= 15 is 0 Å². The second kappa shape index (κ2) is 5.40. The van der Waals surface area contributed by atoms with Gasteiger partial charge in [0.05, 0.1) is 7.11 Å². The highest BCUT2D eigenvalue weighted by molar-refractivity contribution is 5.53. The van der Waals surface area contributed by atoms with Crippen LogP contribution in [0, 0.1) is 5.82 Å². The predicted octanol–water partition coefficient (Wildman–Crippen LogP) is 3.00. The van der Waals surface area contributed by atoms with Gasteiger partial charge in [-0.05, 0) is 29.8 Å². The summed E-state index contributed by atoms with van der Waals surface area (Å²) in [6, 6.07) is 12.0. The lowest BCUT2D eigenvalue weighted by Gasteiger charge is -2.09. The Morgan fingerprint density at radius 1 is 1.11 bits per heavy atom. The minimum atomic E-state index is -0.470. The molecule has 2 aromatic carbocycles. The maximum absolute atomic E-state index is 13.2. The molecule has 4 heteroatoms. The van der Waals surface area contributed by atoms with Gasteiger partial charge in [-0.15, -0.1) is 0 Å². The van der Waals surface area contributed by atoms with Crippen molar-refractivity contribution in [3.05, 3.63) is 53.8 Å². The van der Waals surface area contributed by atoms with Crippen molar-refractivity contribution in [1.29, 1.82) is 0 Å². The minimum absolute atomic E-state index is 0.0333. The van der Waals surface area contributed by atoms with Gasteiger partial charge in [-0.1, -0.05) is 18.2 Å². The van der Waals surface area contributed by atoms with Crippen LogP contribution in [0.4, 0.5) is 10.1 Å². The van der Waals surface area contributed by atoms with Crippen molar-refractivity contribution < 1.29 is 13.9 Å². The largest absolute Gasteiger partial charge is 0.497 e. The second-order valence-electron chi connectivity index (χ2n) is 3.79. The highest BCUT2D eigenvalue weighted by Gasteiger charge is 2.05. The summed E-state index contributed by atoms with van der Waals surface area (Å²) in [6.45, 7) is 0.331. The number of benzene rings is 2. The third kappa shape index (κ3) is 2.71. The van der Waals surface area contributed by atoms with Crippen LogP contribution >= 0.6 is 0 Å². The molecular formula is C14H14FNO2. The van der Waals surface area contributed by atoms with E-state index in [1.165, 1.54) is 6.07 Å². The average molecular weight is 247 g/mol. The van der Waals surface area contributed by atoms with Crippen LogP contribution in [0.3, 0.4) is 0 Å². The Kier molecular flexibility index (Phi) is 3.67. The molecule has 0 heterocycles. The maximum Gasteiger partial charge on any atom is 0.149 e. The lowest BCUT2D eigenvalue weighted by Crippen LogP contribution is -2.00. The van der Waals surface area contributed by atoms with Crippen molar-refractivity contribution in [1.82, 2.24) is 0 Å². The Balaban J connectivity index is 2.04. The van der Waals surface area contributed by atoms with Gasteiger partial charge in [-0.2, -0.15) is 0 Å². The van der Waals surface area contributed by atoms with E-state index < -0.39 is 5.82 Å². The molecule has 0 aliphatic heterocycles. The lowest BCUT2D eigenvalue weighted by atomic mass is 10.2. The van der Waals surface area contributed by atoms with Crippen LogP contribution in [0.15, 0.2) is 42.5 Å². The molecule has 3 nitrogen and oxygen atoms in total. The molecule has 0 saturated carbocycles. The van der Waals surface area contributed by atoms with Crippen molar-refractivity contribution in [3.8, 4) is 11.5 Å². The summed E-state index contributed by atoms with van der Waals surface area (Å²) >= 11 is 0. The fraction of sp³-hybridized carbons (Fsp3) is 0.143. The third-order valence-electron chi connectivity index (χ3n) is 2.57. The molecule has 0 aliphatic carbocycles. The number of hydrogen-bond acceptors (Lipinski definition) is 3. The van der Waals surface area contributed by atoms with Gasteiger partial charge in [-0.25, -0.2) is 4.39 Å². The molecule has 0 amide bonds. The third-order valence-corrected chi connectivity index (χ3v) is 2.57. The summed E-state index contributed by atoms with van der Waals surface area (Å²) in [5, 5.41) is 0. The minimum Gasteiger partial charge on any atom is -0.497 e. The smallest absolute Gasteiger partial charge is 0.149 e. The maximum atomic E-state index is 13.2. The average Bonchev–Trinajstić information content (AvgIpc) is 2.41. The summed E-state index contributed by atoms with van der Waals surface area (Å²) in [5.74, 6) is 0.664. The fourth-order valence-electron chi connectivity index (χ4n) is 1.53. The quantitative estimate of drug-likeness (QED) is 0.845. The van der Waals surface area contributed by atoms with E-state index in [2.05, 4.69) is 0 Å². The highest BCUT2D eigenvalue weighted by Crippen LogP contribution is 2.24. The summed E-state index contributed by atoms with van der Waals surface area (Å²) in [7, 11) is 1.61. The SMILES string of the molecule is COc1ccc(COc2cccc(F)c2N)cc1. The first-order chi connectivity index (χ1) is 8.70. The van der Waals surface area contributed by atoms with Crippen LogP contribution in [0.25, 0.3) is 0 Å². The van der Waals surface area contributed by atoms with Crippen molar-refractivity contribution in [2.75, 3.05) is 12.8 Å². The van der Waals surface area contributed by atoms with Crippen molar-refractivity contribution >= 4 is 5.69 Å². The first kappa shape index (κ1) is 12.2. The Morgan fingerprint density at radius 3 is 2.50 bits per heavy atom. The second-order valence-corrected chi connectivity index (χ2v) is 3.79. The fourth-order valence-corrected chi connectivity index (χ4v) is 1.53. The molecule has 0 radical (unpaired) electrons. The standard InChI is InChI=1S/C14H14FNO2/c1-17-11-7-5-10(6-8-11)9-18-13-4-2-3-12(15)14(13)16/h2-8H,9,16H2,1H3. The molecule has 0 aliphatic rings. The van der Waals surface area contributed by atoms with E-state index in [0.717, 1.165) is 11.3 Å². The number of methoxy groups -OCH3 is 1. The first-order valence-electron chi connectivity index (χ1n) is 5.50. The number of rotatable bonds is 4. The van der Waals surface area contributed by atoms with E-state index in [-0.39, 0.29) is 5.69 Å². The molecular weight excluding hydrogens is 233 g/mol. The van der Waals surface area contributed by atoms with Crippen LogP contribution in [-0.4, -0.2) is 7.11 Å². The van der Waals surface area contributed by atoms with Crippen LogP contribution in [0.2, 0.25) is 0 Å². The highest BCUT2D eigenvalue weighted by atomic mass is 19.1. The molecule has 0 atom stereocenters. The van der Waals surface area contributed by atoms with Crippen LogP contribution < -0.4 is 15.2 Å². The molecule has 2 rings (SSSR count). The molecule has 0 aromatic heterocycles. The molecule has 2 aromatic rings. The van der Waals surface area contributed by atoms with Gasteiger partial charge in [0, 0.05) is 0 Å². The number of para-hydroxylation sites is 1. The van der Waals surface area contributed by atoms with E-state index in [1.807, 2.05) is 24.3 Å². The van der Waals surface area contributed by atoms with Crippen molar-refractivity contribution in [3.63, 3.8) is 0 Å². The number of nitrogens with two attached hydrogens (primary N) is 1. The van der Waals surface area contributed by atoms with Gasteiger partial charge in [0.15, 0.2) is 0 Å². The van der Waals surface area contributed by atoms with Gasteiger partial charge >= 0.3 is 0 Å². The summed E-state index contributed by atoms with van der Waals surface area (Å²) < 4.78 is 23.7. The first-order valence-corrected chi connectivity index (χ1v) is 5.50. The summed E-state index contributed by atoms with van der Waals surface area (Å²) in [4.78, 5) is 0.